The van der Waals surface area contributed by atoms with Crippen molar-refractivity contribution in [3.63, 3.8) is 0 Å². The number of rotatable bonds is 6. The van der Waals surface area contributed by atoms with Crippen LogP contribution in [-0.2, 0) is 18.4 Å². The molecule has 2 rings (SSSR count). The normalized spacial score (nSPS) is 10.3. The largest absolute Gasteiger partial charge is 0.484 e. The van der Waals surface area contributed by atoms with E-state index in [0.29, 0.717) is 21.8 Å². The first-order valence-corrected chi connectivity index (χ1v) is 7.81. The summed E-state index contributed by atoms with van der Waals surface area (Å²) in [6, 6.07) is 6.22. The molecule has 10 heteroatoms. The van der Waals surface area contributed by atoms with Crippen molar-refractivity contribution in [3.8, 4) is 5.75 Å². The first-order valence-electron chi connectivity index (χ1n) is 6.45. The van der Waals surface area contributed by atoms with Crippen molar-refractivity contribution in [3.05, 3.63) is 35.1 Å². The minimum Gasteiger partial charge on any atom is -0.484 e. The lowest BCUT2D eigenvalue weighted by Gasteiger charge is -2.07. The van der Waals surface area contributed by atoms with Gasteiger partial charge >= 0.3 is 6.03 Å². The number of hydrogen-bond donors (Lipinski definition) is 2. The van der Waals surface area contributed by atoms with Crippen LogP contribution in [0.3, 0.4) is 0 Å². The number of benzene rings is 1. The molecule has 0 unspecified atom stereocenters. The van der Waals surface area contributed by atoms with E-state index in [4.69, 9.17) is 22.1 Å². The Morgan fingerprint density at radius 3 is 2.83 bits per heavy atom. The van der Waals surface area contributed by atoms with Crippen LogP contribution in [0.2, 0.25) is 5.02 Å². The van der Waals surface area contributed by atoms with Gasteiger partial charge in [0.05, 0.1) is 10.8 Å². The predicted octanol–water partition coefficient (Wildman–Crippen LogP) is 1.33. The Morgan fingerprint density at radius 1 is 1.39 bits per heavy atom. The number of amides is 3. The smallest absolute Gasteiger partial charge is 0.318 e. The lowest BCUT2D eigenvalue weighted by atomic mass is 10.3. The van der Waals surface area contributed by atoms with E-state index in [9.17, 15) is 9.59 Å². The van der Waals surface area contributed by atoms with E-state index in [-0.39, 0.29) is 12.4 Å². The van der Waals surface area contributed by atoms with Crippen LogP contribution in [0.1, 0.15) is 5.82 Å². The highest BCUT2D eigenvalue weighted by molar-refractivity contribution is 7.99. The Morgan fingerprint density at radius 2 is 2.13 bits per heavy atom. The van der Waals surface area contributed by atoms with E-state index in [2.05, 4.69) is 10.2 Å². The van der Waals surface area contributed by atoms with Gasteiger partial charge in [0.15, 0.2) is 11.0 Å². The van der Waals surface area contributed by atoms with Crippen LogP contribution in [0.5, 0.6) is 5.75 Å². The molecule has 0 bridgehead atoms. The Labute approximate surface area is 141 Å². The van der Waals surface area contributed by atoms with E-state index in [1.54, 1.807) is 23.7 Å². The minimum atomic E-state index is -0.887. The predicted molar refractivity (Wildman–Crippen MR) is 85.2 cm³/mol. The van der Waals surface area contributed by atoms with Crippen LogP contribution in [-0.4, -0.2) is 32.5 Å². The highest BCUT2D eigenvalue weighted by Crippen LogP contribution is 2.24. The zero-order valence-electron chi connectivity index (χ0n) is 12.2. The topological polar surface area (TPSA) is 112 Å². The summed E-state index contributed by atoms with van der Waals surface area (Å²) in [4.78, 5) is 21.9. The number of carbonyl (C=O) groups is 2. The second-order valence-corrected chi connectivity index (χ2v) is 5.73. The maximum absolute atomic E-state index is 11.4. The van der Waals surface area contributed by atoms with Crippen LogP contribution >= 0.6 is 23.4 Å². The number of primary amides is 1. The summed E-state index contributed by atoms with van der Waals surface area (Å²) in [5.41, 5.74) is 4.86. The van der Waals surface area contributed by atoms with E-state index in [1.165, 1.54) is 0 Å². The molecule has 0 aliphatic carbocycles. The first-order chi connectivity index (χ1) is 11.0. The molecule has 1 heterocycles. The van der Waals surface area contributed by atoms with Gasteiger partial charge in [-0.15, -0.1) is 10.2 Å². The molecule has 122 valence electrons. The Hall–Kier alpha value is -2.26. The van der Waals surface area contributed by atoms with Crippen molar-refractivity contribution in [1.82, 2.24) is 20.1 Å². The van der Waals surface area contributed by atoms with Gasteiger partial charge in [-0.05, 0) is 12.1 Å². The summed E-state index contributed by atoms with van der Waals surface area (Å²) in [7, 11) is 1.75. The monoisotopic (exact) mass is 355 g/mol. The number of nitrogens with zero attached hydrogens (tertiary/aromatic N) is 3. The second-order valence-electron chi connectivity index (χ2n) is 4.38. The fraction of sp³-hybridized carbons (Fsp3) is 0.231. The molecule has 0 aliphatic heterocycles. The van der Waals surface area contributed by atoms with Gasteiger partial charge in [0.25, 0.3) is 0 Å². The average molecular weight is 356 g/mol. The summed E-state index contributed by atoms with van der Waals surface area (Å²) in [5, 5.41) is 11.0. The molecular formula is C13H14ClN5O3S. The second kappa shape index (κ2) is 7.84. The zero-order chi connectivity index (χ0) is 16.8. The van der Waals surface area contributed by atoms with Gasteiger partial charge in [0.1, 0.15) is 12.4 Å². The van der Waals surface area contributed by atoms with Crippen LogP contribution in [0.15, 0.2) is 29.4 Å². The molecule has 0 spiro atoms. The van der Waals surface area contributed by atoms with Gasteiger partial charge < -0.3 is 15.0 Å². The van der Waals surface area contributed by atoms with Crippen molar-refractivity contribution in [1.29, 1.82) is 0 Å². The van der Waals surface area contributed by atoms with Crippen LogP contribution < -0.4 is 15.8 Å². The van der Waals surface area contributed by atoms with E-state index < -0.39 is 11.9 Å². The number of nitrogens with one attached hydrogen (secondary N) is 1. The highest BCUT2D eigenvalue weighted by atomic mass is 35.5. The number of hydrogen-bond acceptors (Lipinski definition) is 6. The molecule has 2 aromatic rings. The molecule has 1 aromatic carbocycles. The minimum absolute atomic E-state index is 0.000282. The third kappa shape index (κ3) is 4.86. The molecule has 23 heavy (non-hydrogen) atoms. The number of ether oxygens (including phenoxy) is 1. The zero-order valence-corrected chi connectivity index (χ0v) is 13.7. The summed E-state index contributed by atoms with van der Waals surface area (Å²) >= 11 is 7.14. The van der Waals surface area contributed by atoms with Gasteiger partial charge in [-0.1, -0.05) is 35.5 Å². The number of nitrogens with two attached hydrogens (primary N) is 1. The fourth-order valence-electron chi connectivity index (χ4n) is 1.60. The lowest BCUT2D eigenvalue weighted by Crippen LogP contribution is -2.36. The molecule has 0 saturated heterocycles. The third-order valence-corrected chi connectivity index (χ3v) is 4.05. The summed E-state index contributed by atoms with van der Waals surface area (Å²) in [6.45, 7) is 0.182. The Balaban J connectivity index is 1.93. The highest BCUT2D eigenvalue weighted by Gasteiger charge is 2.13. The van der Waals surface area contributed by atoms with Gasteiger partial charge in [0, 0.05) is 7.05 Å². The average Bonchev–Trinajstić information content (AvgIpc) is 2.84. The molecule has 0 atom stereocenters. The lowest BCUT2D eigenvalue weighted by molar-refractivity contribution is -0.117. The summed E-state index contributed by atoms with van der Waals surface area (Å²) in [5.74, 6) is 0.620. The number of aromatic nitrogens is 3. The van der Waals surface area contributed by atoms with Crippen molar-refractivity contribution in [2.45, 2.75) is 11.8 Å². The molecular weight excluding hydrogens is 342 g/mol. The molecule has 0 aliphatic rings. The Kier molecular flexibility index (Phi) is 5.83. The van der Waals surface area contributed by atoms with Gasteiger partial charge in [-0.3, -0.25) is 10.1 Å². The molecule has 0 fully saturated rings. The van der Waals surface area contributed by atoms with Crippen LogP contribution in [0, 0.1) is 0 Å². The summed E-state index contributed by atoms with van der Waals surface area (Å²) in [6.07, 6.45) is 0. The number of thioether (sulfide) groups is 1. The molecule has 0 saturated carbocycles. The van der Waals surface area contributed by atoms with Gasteiger partial charge in [0.2, 0.25) is 5.91 Å². The number of para-hydroxylation sites is 1. The third-order valence-electron chi connectivity index (χ3n) is 2.71. The number of halogens is 1. The van der Waals surface area contributed by atoms with E-state index in [1.807, 2.05) is 17.4 Å². The number of carbonyl (C=O) groups excluding carboxylic acids is 2. The standard InChI is InChI=1S/C13H14ClN5O3S/c1-19-10(6-22-9-5-3-2-4-8(9)14)17-18-13(19)23-7-11(20)16-12(15)21/h2-5H,6-7H2,1H3,(H3,15,16,20,21). The van der Waals surface area contributed by atoms with Gasteiger partial charge in [-0.25, -0.2) is 4.79 Å². The maximum Gasteiger partial charge on any atom is 0.318 e. The maximum atomic E-state index is 11.4. The van der Waals surface area contributed by atoms with Crippen LogP contribution in [0.4, 0.5) is 4.79 Å². The molecule has 1 aromatic heterocycles. The van der Waals surface area contributed by atoms with Crippen molar-refractivity contribution < 1.29 is 14.3 Å². The van der Waals surface area contributed by atoms with E-state index in [0.717, 1.165) is 11.8 Å². The quantitative estimate of drug-likeness (QED) is 0.756. The first kappa shape index (κ1) is 17.1. The van der Waals surface area contributed by atoms with Gasteiger partial charge in [-0.2, -0.15) is 0 Å². The Bertz CT molecular complexity index is 721. The SMILES string of the molecule is Cn1c(COc2ccccc2Cl)nnc1SCC(=O)NC(N)=O. The number of urea groups is 1. The fourth-order valence-corrected chi connectivity index (χ4v) is 2.52. The van der Waals surface area contributed by atoms with E-state index >= 15 is 0 Å². The number of imide groups is 1. The molecule has 0 radical (unpaired) electrons. The van der Waals surface area contributed by atoms with Crippen molar-refractivity contribution in [2.24, 2.45) is 12.8 Å². The van der Waals surface area contributed by atoms with Crippen molar-refractivity contribution in [2.75, 3.05) is 5.75 Å². The van der Waals surface area contributed by atoms with Crippen molar-refractivity contribution >= 4 is 35.3 Å². The molecule has 8 nitrogen and oxygen atoms in total. The van der Waals surface area contributed by atoms with Crippen LogP contribution in [0.25, 0.3) is 0 Å². The molecule has 3 amide bonds. The molecule has 3 N–H and O–H groups in total. The summed E-state index contributed by atoms with van der Waals surface area (Å²) < 4.78 is 7.28.